The summed E-state index contributed by atoms with van der Waals surface area (Å²) in [5.74, 6) is -9.15. The quantitative estimate of drug-likeness (QED) is 0.0412. The van der Waals surface area contributed by atoms with Gasteiger partial charge in [-0.1, -0.05) is 37.1 Å². The summed E-state index contributed by atoms with van der Waals surface area (Å²) in [6.45, 7) is 4.49. The average Bonchev–Trinajstić information content (AvgIpc) is 3.43. The van der Waals surface area contributed by atoms with Crippen molar-refractivity contribution >= 4 is 70.5 Å². The highest BCUT2D eigenvalue weighted by molar-refractivity contribution is 6.18. The highest BCUT2D eigenvalue weighted by Crippen LogP contribution is 2.38. The maximum Gasteiger partial charge on any atom is 0.490 e. The smallest absolute Gasteiger partial charge is 0.475 e. The van der Waals surface area contributed by atoms with E-state index in [2.05, 4.69) is 31.2 Å². The van der Waals surface area contributed by atoms with Gasteiger partial charge in [0.15, 0.2) is 5.96 Å². The van der Waals surface area contributed by atoms with Crippen molar-refractivity contribution in [2.24, 2.45) is 28.1 Å². The predicted molar refractivity (Wildman–Crippen MR) is 247 cm³/mol. The number of hydrogen-bond donors (Lipinski definition) is 10. The lowest BCUT2D eigenvalue weighted by Crippen LogP contribution is -2.53. The largest absolute Gasteiger partial charge is 0.490 e. The zero-order valence-corrected chi connectivity index (χ0v) is 39.7. The number of amides is 5. The Morgan fingerprint density at radius 3 is 1.73 bits per heavy atom. The molecule has 1 fully saturated rings. The first-order valence-electron chi connectivity index (χ1n) is 22.5. The standard InChI is InChI=1S/C38H56N10O5.3C2HF3O2/c1-26(49)44-31(15-10-22-43-38(40)41)37(53)46-30(14-6-8-20-39)36(52)42-21-9-7-11-27-18-23-47(24-19-27)25-34(50)48-32-16-4-2-12-28(32)35(51)45-29-13-3-5-17-33(29)48;3*3-2(4,5)1(6)7/h2-5,12-13,16-17,27,30-31H,6-11,14-15,18-25,39H2,1H3,(H,42,52)(H,44,49)(H,45,51)(H,46,53)(H4,40,41,43);3*(H,6,7)/t30-,31-;;;/m0.../s1. The number of aliphatic imine (C=N–C) groups is 1. The Morgan fingerprint density at radius 1 is 0.716 bits per heavy atom. The molecule has 0 spiro atoms. The van der Waals surface area contributed by atoms with Gasteiger partial charge < -0.3 is 53.8 Å². The maximum atomic E-state index is 13.8. The van der Waals surface area contributed by atoms with Crippen LogP contribution in [0.15, 0.2) is 53.5 Å². The highest BCUT2D eigenvalue weighted by Gasteiger charge is 2.40. The number of nitrogens with two attached hydrogens (primary N) is 3. The zero-order chi connectivity index (χ0) is 56.4. The number of aliphatic carboxylic acids is 3. The van der Waals surface area contributed by atoms with Gasteiger partial charge in [0.25, 0.3) is 5.91 Å². The lowest BCUT2D eigenvalue weighted by molar-refractivity contribution is -0.193. The van der Waals surface area contributed by atoms with Gasteiger partial charge in [-0.3, -0.25) is 38.8 Å². The van der Waals surface area contributed by atoms with Crippen LogP contribution in [0.25, 0.3) is 0 Å². The molecule has 414 valence electrons. The molecule has 0 aromatic heterocycles. The van der Waals surface area contributed by atoms with Crippen LogP contribution in [0.4, 0.5) is 56.6 Å². The minimum absolute atomic E-state index is 0.0439. The van der Waals surface area contributed by atoms with Crippen LogP contribution in [-0.2, 0) is 33.6 Å². The van der Waals surface area contributed by atoms with Crippen LogP contribution in [0, 0.1) is 5.92 Å². The molecule has 0 bridgehead atoms. The van der Waals surface area contributed by atoms with E-state index in [-0.39, 0.29) is 36.1 Å². The first-order chi connectivity index (χ1) is 34.4. The molecule has 74 heavy (non-hydrogen) atoms. The topological polar surface area (TPSA) is 342 Å². The number of nitrogens with one attached hydrogen (secondary N) is 4. The molecule has 2 aliphatic rings. The van der Waals surface area contributed by atoms with Gasteiger partial charge in [-0.15, -0.1) is 0 Å². The van der Waals surface area contributed by atoms with Crippen molar-refractivity contribution in [2.75, 3.05) is 49.5 Å². The van der Waals surface area contributed by atoms with E-state index in [0.29, 0.717) is 73.9 Å². The number of carboxylic acid groups (broad SMARTS) is 3. The molecule has 0 radical (unpaired) electrons. The number of alkyl halides is 9. The molecule has 2 aliphatic heterocycles. The first-order valence-corrected chi connectivity index (χ1v) is 22.5. The summed E-state index contributed by atoms with van der Waals surface area (Å²) in [4.78, 5) is 99.3. The summed E-state index contributed by atoms with van der Waals surface area (Å²) in [6.07, 6.45) is -7.92. The minimum atomic E-state index is -5.08. The van der Waals surface area contributed by atoms with Crippen molar-refractivity contribution in [3.63, 3.8) is 0 Å². The fourth-order valence-corrected chi connectivity index (χ4v) is 6.86. The molecule has 5 amide bonds. The van der Waals surface area contributed by atoms with E-state index < -0.39 is 54.4 Å². The van der Waals surface area contributed by atoms with E-state index in [9.17, 15) is 63.5 Å². The summed E-state index contributed by atoms with van der Waals surface area (Å²) in [7, 11) is 0. The van der Waals surface area contributed by atoms with Crippen molar-refractivity contribution in [3.05, 3.63) is 54.1 Å². The zero-order valence-electron chi connectivity index (χ0n) is 39.7. The van der Waals surface area contributed by atoms with Gasteiger partial charge in [0, 0.05) is 20.0 Å². The lowest BCUT2D eigenvalue weighted by atomic mass is 9.91. The number of benzene rings is 2. The summed E-state index contributed by atoms with van der Waals surface area (Å²) in [5, 5.41) is 32.8. The van der Waals surface area contributed by atoms with Gasteiger partial charge in [-0.2, -0.15) is 39.5 Å². The van der Waals surface area contributed by atoms with Gasteiger partial charge in [0.2, 0.25) is 23.6 Å². The minimum Gasteiger partial charge on any atom is -0.475 e. The summed E-state index contributed by atoms with van der Waals surface area (Å²) in [5.41, 5.74) is 18.7. The first kappa shape index (κ1) is 64.8. The normalized spacial score (nSPS) is 14.3. The fourth-order valence-electron chi connectivity index (χ4n) is 6.86. The number of rotatable bonds is 19. The second-order valence-corrected chi connectivity index (χ2v) is 16.2. The summed E-state index contributed by atoms with van der Waals surface area (Å²) >= 11 is 0. The molecule has 2 aromatic rings. The van der Waals surface area contributed by atoms with Gasteiger partial charge in [0.1, 0.15) is 12.1 Å². The van der Waals surface area contributed by atoms with E-state index in [1.54, 1.807) is 17.0 Å². The number of guanidine groups is 1. The van der Waals surface area contributed by atoms with E-state index in [0.717, 1.165) is 51.6 Å². The van der Waals surface area contributed by atoms with E-state index in [1.165, 1.54) is 6.92 Å². The second-order valence-electron chi connectivity index (χ2n) is 16.2. The number of nitrogens with zero attached hydrogens (tertiary/aromatic N) is 3. The fraction of sp³-hybridized carbons (Fsp3) is 0.523. The van der Waals surface area contributed by atoms with Crippen molar-refractivity contribution in [3.8, 4) is 0 Å². The molecule has 0 aliphatic carbocycles. The van der Waals surface area contributed by atoms with Crippen molar-refractivity contribution in [2.45, 2.75) is 102 Å². The van der Waals surface area contributed by atoms with E-state index in [1.807, 2.05) is 36.4 Å². The lowest BCUT2D eigenvalue weighted by Gasteiger charge is -2.33. The Morgan fingerprint density at radius 2 is 1.22 bits per heavy atom. The Kier molecular flexibility index (Phi) is 27.5. The number of hydrogen-bond acceptors (Lipinski definition) is 11. The molecule has 13 N–H and O–H groups in total. The number of carbonyl (C=O) groups is 8. The molecule has 2 atom stereocenters. The molecule has 30 heteroatoms. The number of likely N-dealkylation sites (tertiary alicyclic amines) is 1. The molecule has 21 nitrogen and oxygen atoms in total. The maximum absolute atomic E-state index is 13.8. The van der Waals surface area contributed by atoms with Crippen LogP contribution in [0.5, 0.6) is 0 Å². The summed E-state index contributed by atoms with van der Waals surface area (Å²) < 4.78 is 95.2. The van der Waals surface area contributed by atoms with Crippen LogP contribution < -0.4 is 43.4 Å². The molecule has 2 aromatic carbocycles. The molecule has 0 unspecified atom stereocenters. The Hall–Kier alpha value is -7.24. The molecule has 1 saturated heterocycles. The van der Waals surface area contributed by atoms with Gasteiger partial charge >= 0.3 is 36.4 Å². The molecular formula is C44H59F9N10O11. The van der Waals surface area contributed by atoms with E-state index in [4.69, 9.17) is 46.9 Å². The number of halogens is 9. The van der Waals surface area contributed by atoms with E-state index >= 15 is 0 Å². The van der Waals surface area contributed by atoms with Crippen LogP contribution in [0.1, 0.15) is 81.5 Å². The number of unbranched alkanes of at least 4 members (excludes halogenated alkanes) is 2. The molecule has 0 saturated carbocycles. The summed E-state index contributed by atoms with van der Waals surface area (Å²) in [6, 6.07) is 13.0. The number of para-hydroxylation sites is 3. The second kappa shape index (κ2) is 31.4. The molecular weight excluding hydrogens is 1020 g/mol. The Labute approximate surface area is 417 Å². The van der Waals surface area contributed by atoms with Crippen LogP contribution >= 0.6 is 0 Å². The number of carboxylic acids is 3. The average molecular weight is 1070 g/mol. The van der Waals surface area contributed by atoms with Gasteiger partial charge in [-0.25, -0.2) is 14.4 Å². The van der Waals surface area contributed by atoms with Crippen molar-refractivity contribution in [1.82, 2.24) is 20.9 Å². The molecule has 2 heterocycles. The molecule has 4 rings (SSSR count). The van der Waals surface area contributed by atoms with Crippen molar-refractivity contribution < 1.29 is 93.2 Å². The third-order valence-corrected chi connectivity index (χ3v) is 10.4. The highest BCUT2D eigenvalue weighted by atomic mass is 19.4. The van der Waals surface area contributed by atoms with Crippen LogP contribution in [0.2, 0.25) is 0 Å². The Balaban J connectivity index is 0.00000109. The van der Waals surface area contributed by atoms with Gasteiger partial charge in [-0.05, 0) is 101 Å². The number of carbonyl (C=O) groups excluding carboxylic acids is 5. The SMILES string of the molecule is CC(=O)N[C@@H](CCCN=C(N)N)C(=O)N[C@@H](CCCCN)C(=O)NCCCCC1CCN(CC(=O)N2c3ccccc3NC(=O)c3ccccc32)CC1.O=C(O)C(F)(F)F.O=C(O)C(F)(F)F.O=C(O)C(F)(F)F. The number of anilines is 3. The van der Waals surface area contributed by atoms with Gasteiger partial charge in [0.05, 0.1) is 29.2 Å². The number of piperidine rings is 1. The van der Waals surface area contributed by atoms with Crippen LogP contribution in [-0.4, -0.2) is 144 Å². The Bertz CT molecular complexity index is 2160. The van der Waals surface area contributed by atoms with Crippen molar-refractivity contribution in [1.29, 1.82) is 0 Å². The number of fused-ring (bicyclic) bond motifs is 2. The van der Waals surface area contributed by atoms with Crippen LogP contribution in [0.3, 0.4) is 0 Å². The third kappa shape index (κ3) is 24.9. The third-order valence-electron chi connectivity index (χ3n) is 10.4. The monoisotopic (exact) mass is 1070 g/mol. The predicted octanol–water partition coefficient (Wildman–Crippen LogP) is 3.99.